The molecule has 110 valence electrons. The van der Waals surface area contributed by atoms with Crippen molar-refractivity contribution in [3.05, 3.63) is 47.3 Å². The van der Waals surface area contributed by atoms with E-state index in [1.54, 1.807) is 37.4 Å². The zero-order valence-electron chi connectivity index (χ0n) is 12.2. The Balaban J connectivity index is 2.27. The molecule has 0 saturated heterocycles. The first-order valence-corrected chi connectivity index (χ1v) is 6.58. The Bertz CT molecular complexity index is 677. The minimum atomic E-state index is -0.495. The van der Waals surface area contributed by atoms with Crippen LogP contribution in [0.25, 0.3) is 0 Å². The molecule has 6 heteroatoms. The van der Waals surface area contributed by atoms with Crippen molar-refractivity contribution < 1.29 is 14.3 Å². The fourth-order valence-electron chi connectivity index (χ4n) is 1.98. The molecule has 0 radical (unpaired) electrons. The Morgan fingerprint density at radius 3 is 2.67 bits per heavy atom. The van der Waals surface area contributed by atoms with Crippen LogP contribution in [-0.4, -0.2) is 28.8 Å². The third-order valence-electron chi connectivity index (χ3n) is 3.11. The van der Waals surface area contributed by atoms with Gasteiger partial charge in [-0.05, 0) is 24.6 Å². The van der Waals surface area contributed by atoms with Crippen LogP contribution in [0.2, 0.25) is 0 Å². The van der Waals surface area contributed by atoms with Crippen LogP contribution in [0.3, 0.4) is 0 Å². The number of carbonyl (C=O) groups is 2. The minimum Gasteiger partial charge on any atom is -0.465 e. The van der Waals surface area contributed by atoms with E-state index in [-0.39, 0.29) is 5.91 Å². The van der Waals surface area contributed by atoms with Gasteiger partial charge in [-0.3, -0.25) is 9.48 Å². The smallest absolute Gasteiger partial charge is 0.339 e. The van der Waals surface area contributed by atoms with Crippen LogP contribution < -0.4 is 5.32 Å². The largest absolute Gasteiger partial charge is 0.465 e. The Kier molecular flexibility index (Phi) is 4.37. The molecule has 0 spiro atoms. The Morgan fingerprint density at radius 1 is 1.33 bits per heavy atom. The Labute approximate surface area is 122 Å². The molecule has 0 atom stereocenters. The summed E-state index contributed by atoms with van der Waals surface area (Å²) >= 11 is 0. The van der Waals surface area contributed by atoms with Crippen molar-refractivity contribution in [2.24, 2.45) is 7.05 Å². The highest BCUT2D eigenvalue weighted by molar-refractivity contribution is 6.07. The van der Waals surface area contributed by atoms with Gasteiger partial charge >= 0.3 is 5.97 Å². The van der Waals surface area contributed by atoms with E-state index < -0.39 is 5.97 Å². The topological polar surface area (TPSA) is 73.2 Å². The fraction of sp³-hybridized carbons (Fsp3) is 0.267. The summed E-state index contributed by atoms with van der Waals surface area (Å²) in [6.45, 7) is 1.97. The van der Waals surface area contributed by atoms with Gasteiger partial charge in [0.2, 0.25) is 0 Å². The lowest BCUT2D eigenvalue weighted by Crippen LogP contribution is -2.18. The summed E-state index contributed by atoms with van der Waals surface area (Å²) in [7, 11) is 3.01. The lowest BCUT2D eigenvalue weighted by molar-refractivity contribution is 0.0602. The highest BCUT2D eigenvalue weighted by atomic mass is 16.5. The van der Waals surface area contributed by atoms with Crippen LogP contribution in [0.15, 0.2) is 30.3 Å². The van der Waals surface area contributed by atoms with Gasteiger partial charge in [0.15, 0.2) is 0 Å². The van der Waals surface area contributed by atoms with Crippen molar-refractivity contribution in [3.8, 4) is 0 Å². The average Bonchev–Trinajstić information content (AvgIpc) is 2.88. The van der Waals surface area contributed by atoms with Gasteiger partial charge in [-0.15, -0.1) is 0 Å². The molecule has 0 aliphatic carbocycles. The number of carbonyl (C=O) groups excluding carboxylic acids is 2. The third kappa shape index (κ3) is 3.10. The maximum atomic E-state index is 12.3. The van der Waals surface area contributed by atoms with Crippen LogP contribution in [0, 0.1) is 0 Å². The van der Waals surface area contributed by atoms with Gasteiger partial charge in [0, 0.05) is 7.05 Å². The second kappa shape index (κ2) is 6.21. The quantitative estimate of drug-likeness (QED) is 0.873. The van der Waals surface area contributed by atoms with E-state index in [4.69, 9.17) is 4.74 Å². The number of anilines is 1. The number of nitrogens with one attached hydrogen (secondary N) is 1. The second-order valence-corrected chi connectivity index (χ2v) is 4.49. The molecule has 1 amide bonds. The summed E-state index contributed by atoms with van der Waals surface area (Å²) in [6, 6.07) is 8.43. The molecule has 0 unspecified atom stereocenters. The van der Waals surface area contributed by atoms with Crippen LogP contribution >= 0.6 is 0 Å². The SMILES string of the molecule is CCc1cc(C(=O)Nc2ccccc2C(=O)OC)n(C)n1. The summed E-state index contributed by atoms with van der Waals surface area (Å²) in [6.07, 6.45) is 0.750. The van der Waals surface area contributed by atoms with E-state index in [1.807, 2.05) is 6.92 Å². The normalized spacial score (nSPS) is 10.2. The number of amides is 1. The molecule has 1 heterocycles. The van der Waals surface area contributed by atoms with Crippen molar-refractivity contribution in [1.29, 1.82) is 0 Å². The first-order valence-electron chi connectivity index (χ1n) is 6.58. The molecule has 1 aromatic carbocycles. The zero-order valence-corrected chi connectivity index (χ0v) is 12.2. The zero-order chi connectivity index (χ0) is 15.4. The number of ether oxygens (including phenoxy) is 1. The van der Waals surface area contributed by atoms with E-state index in [9.17, 15) is 9.59 Å². The van der Waals surface area contributed by atoms with E-state index in [2.05, 4.69) is 10.4 Å². The number of nitrogens with zero attached hydrogens (tertiary/aromatic N) is 2. The Morgan fingerprint density at radius 2 is 2.05 bits per heavy atom. The molecule has 0 aliphatic heterocycles. The molecule has 1 N–H and O–H groups in total. The van der Waals surface area contributed by atoms with Gasteiger partial charge in [0.25, 0.3) is 5.91 Å². The summed E-state index contributed by atoms with van der Waals surface area (Å²) in [5, 5.41) is 6.95. The van der Waals surface area contributed by atoms with Crippen LogP contribution in [0.1, 0.15) is 33.5 Å². The molecular formula is C15H17N3O3. The molecule has 0 aliphatic rings. The summed E-state index contributed by atoms with van der Waals surface area (Å²) < 4.78 is 6.22. The number of aryl methyl sites for hydroxylation is 2. The predicted octanol–water partition coefficient (Wildman–Crippen LogP) is 2.02. The lowest BCUT2D eigenvalue weighted by Gasteiger charge is -2.09. The van der Waals surface area contributed by atoms with Crippen LogP contribution in [0.5, 0.6) is 0 Å². The van der Waals surface area contributed by atoms with Crippen molar-refractivity contribution in [2.75, 3.05) is 12.4 Å². The average molecular weight is 287 g/mol. The van der Waals surface area contributed by atoms with Gasteiger partial charge in [0.1, 0.15) is 5.69 Å². The molecule has 2 aromatic rings. The number of benzene rings is 1. The Hall–Kier alpha value is -2.63. The van der Waals surface area contributed by atoms with Gasteiger partial charge in [0.05, 0.1) is 24.1 Å². The highest BCUT2D eigenvalue weighted by Gasteiger charge is 2.17. The number of rotatable bonds is 4. The molecule has 0 bridgehead atoms. The minimum absolute atomic E-state index is 0.311. The van der Waals surface area contributed by atoms with Crippen molar-refractivity contribution in [2.45, 2.75) is 13.3 Å². The third-order valence-corrected chi connectivity index (χ3v) is 3.11. The van der Waals surface area contributed by atoms with E-state index >= 15 is 0 Å². The van der Waals surface area contributed by atoms with Gasteiger partial charge in [-0.2, -0.15) is 5.10 Å². The van der Waals surface area contributed by atoms with Crippen LogP contribution in [0.4, 0.5) is 5.69 Å². The molecule has 2 rings (SSSR count). The first-order chi connectivity index (χ1) is 10.1. The molecule has 0 saturated carbocycles. The maximum Gasteiger partial charge on any atom is 0.339 e. The van der Waals surface area contributed by atoms with E-state index in [0.717, 1.165) is 12.1 Å². The van der Waals surface area contributed by atoms with Crippen LogP contribution in [-0.2, 0) is 18.2 Å². The number of methoxy groups -OCH3 is 1. The van der Waals surface area contributed by atoms with Crippen molar-refractivity contribution >= 4 is 17.6 Å². The number of hydrogen-bond acceptors (Lipinski definition) is 4. The standard InChI is InChI=1S/C15H17N3O3/c1-4-10-9-13(18(2)17-10)14(19)16-12-8-6-5-7-11(12)15(20)21-3/h5-9H,4H2,1-3H3,(H,16,19). The summed E-state index contributed by atoms with van der Waals surface area (Å²) in [5.74, 6) is -0.814. The van der Waals surface area contributed by atoms with E-state index in [1.165, 1.54) is 11.8 Å². The second-order valence-electron chi connectivity index (χ2n) is 4.49. The molecule has 6 nitrogen and oxygen atoms in total. The lowest BCUT2D eigenvalue weighted by atomic mass is 10.1. The monoisotopic (exact) mass is 287 g/mol. The van der Waals surface area contributed by atoms with Gasteiger partial charge < -0.3 is 10.1 Å². The van der Waals surface area contributed by atoms with Gasteiger partial charge in [-0.25, -0.2) is 4.79 Å². The molecule has 0 fully saturated rings. The first kappa shape index (κ1) is 14.8. The molecule has 1 aromatic heterocycles. The number of hydrogen-bond donors (Lipinski definition) is 1. The molecular weight excluding hydrogens is 270 g/mol. The maximum absolute atomic E-state index is 12.3. The fourth-order valence-corrected chi connectivity index (χ4v) is 1.98. The summed E-state index contributed by atoms with van der Waals surface area (Å²) in [5.41, 5.74) is 2.00. The number of aromatic nitrogens is 2. The van der Waals surface area contributed by atoms with Crippen molar-refractivity contribution in [1.82, 2.24) is 9.78 Å². The number of esters is 1. The van der Waals surface area contributed by atoms with E-state index in [0.29, 0.717) is 16.9 Å². The molecule has 21 heavy (non-hydrogen) atoms. The van der Waals surface area contributed by atoms with Crippen molar-refractivity contribution in [3.63, 3.8) is 0 Å². The number of para-hydroxylation sites is 1. The van der Waals surface area contributed by atoms with Gasteiger partial charge in [-0.1, -0.05) is 19.1 Å². The predicted molar refractivity (Wildman–Crippen MR) is 78.3 cm³/mol. The highest BCUT2D eigenvalue weighted by Crippen LogP contribution is 2.17. The summed E-state index contributed by atoms with van der Waals surface area (Å²) in [4.78, 5) is 24.0.